The van der Waals surface area contributed by atoms with Gasteiger partial charge in [0.05, 0.1) is 18.4 Å². The van der Waals surface area contributed by atoms with Crippen molar-refractivity contribution in [2.24, 2.45) is 11.8 Å². The molecule has 120 valence electrons. The molecule has 2 saturated heterocycles. The zero-order chi connectivity index (χ0) is 15.1. The highest BCUT2D eigenvalue weighted by molar-refractivity contribution is 5.23. The van der Waals surface area contributed by atoms with Gasteiger partial charge < -0.3 is 9.64 Å². The lowest BCUT2D eigenvalue weighted by Crippen LogP contribution is -2.38. The molecule has 4 atom stereocenters. The average molecular weight is 301 g/mol. The molecule has 0 aromatic carbocycles. The van der Waals surface area contributed by atoms with Crippen LogP contribution in [0.5, 0.6) is 0 Å². The molecule has 0 N–H and O–H groups in total. The predicted molar refractivity (Wildman–Crippen MR) is 86.4 cm³/mol. The lowest BCUT2D eigenvalue weighted by molar-refractivity contribution is -0.0460. The van der Waals surface area contributed by atoms with Crippen LogP contribution in [-0.2, 0) is 17.8 Å². The van der Waals surface area contributed by atoms with Crippen LogP contribution < -0.4 is 0 Å². The Morgan fingerprint density at radius 3 is 3.05 bits per heavy atom. The lowest BCUT2D eigenvalue weighted by Gasteiger charge is -2.34. The molecule has 0 aliphatic carbocycles. The Morgan fingerprint density at radius 1 is 1.32 bits per heavy atom. The summed E-state index contributed by atoms with van der Waals surface area (Å²) >= 11 is 0. The Kier molecular flexibility index (Phi) is 3.93. The number of likely N-dealkylation sites (tertiary alicyclic amines) is 1. The summed E-state index contributed by atoms with van der Waals surface area (Å²) < 4.78 is 6.18. The third-order valence-electron chi connectivity index (χ3n) is 5.81. The first-order chi connectivity index (χ1) is 10.7. The molecule has 4 nitrogen and oxygen atoms in total. The monoisotopic (exact) mass is 301 g/mol. The normalized spacial score (nSPS) is 33.6. The fourth-order valence-electron chi connectivity index (χ4n) is 4.52. The Balaban J connectivity index is 1.33. The number of nitrogens with zero attached hydrogens (tertiary/aromatic N) is 3. The van der Waals surface area contributed by atoms with Crippen molar-refractivity contribution in [2.75, 3.05) is 26.7 Å². The summed E-state index contributed by atoms with van der Waals surface area (Å²) in [4.78, 5) is 9.53. The Hall–Kier alpha value is -0.970. The van der Waals surface area contributed by atoms with Gasteiger partial charge in [-0.2, -0.15) is 0 Å². The fraction of sp³-hybridized carbons (Fsp3) is 0.722. The third-order valence-corrected chi connectivity index (χ3v) is 5.81. The molecule has 4 unspecified atom stereocenters. The van der Waals surface area contributed by atoms with Crippen molar-refractivity contribution in [3.05, 3.63) is 29.6 Å². The number of rotatable bonds is 3. The molecule has 0 bridgehead atoms. The SMILES string of the molecule is CC(CC1CC2CN(C)CC2CO1)N1Cc2cccnc2C1. The van der Waals surface area contributed by atoms with E-state index < -0.39 is 0 Å². The van der Waals surface area contributed by atoms with Crippen LogP contribution in [0.3, 0.4) is 0 Å². The number of hydrogen-bond donors (Lipinski definition) is 0. The van der Waals surface area contributed by atoms with E-state index in [2.05, 4.69) is 34.8 Å². The third kappa shape index (κ3) is 2.80. The highest BCUT2D eigenvalue weighted by Gasteiger charge is 2.38. The second kappa shape index (κ2) is 5.91. The van der Waals surface area contributed by atoms with E-state index in [1.165, 1.54) is 30.8 Å². The van der Waals surface area contributed by atoms with Crippen LogP contribution in [0.15, 0.2) is 18.3 Å². The summed E-state index contributed by atoms with van der Waals surface area (Å²) in [5, 5.41) is 0. The van der Waals surface area contributed by atoms with E-state index in [4.69, 9.17) is 4.74 Å². The van der Waals surface area contributed by atoms with Crippen molar-refractivity contribution >= 4 is 0 Å². The van der Waals surface area contributed by atoms with Gasteiger partial charge in [0.25, 0.3) is 0 Å². The molecule has 4 heteroatoms. The fourth-order valence-corrected chi connectivity index (χ4v) is 4.52. The summed E-state index contributed by atoms with van der Waals surface area (Å²) in [7, 11) is 2.24. The van der Waals surface area contributed by atoms with E-state index in [1.54, 1.807) is 0 Å². The van der Waals surface area contributed by atoms with Gasteiger partial charge in [0, 0.05) is 38.4 Å². The van der Waals surface area contributed by atoms with Crippen LogP contribution in [-0.4, -0.2) is 53.7 Å². The second-order valence-corrected chi connectivity index (χ2v) is 7.53. The molecule has 22 heavy (non-hydrogen) atoms. The van der Waals surface area contributed by atoms with Gasteiger partial charge in [-0.3, -0.25) is 9.88 Å². The molecule has 3 aliphatic heterocycles. The van der Waals surface area contributed by atoms with Crippen LogP contribution in [0.1, 0.15) is 31.0 Å². The van der Waals surface area contributed by atoms with Crippen molar-refractivity contribution in [2.45, 2.75) is 45.0 Å². The molecule has 3 aliphatic rings. The van der Waals surface area contributed by atoms with Gasteiger partial charge in [0.15, 0.2) is 0 Å². The number of hydrogen-bond acceptors (Lipinski definition) is 4. The van der Waals surface area contributed by atoms with Gasteiger partial charge >= 0.3 is 0 Å². The zero-order valence-electron chi connectivity index (χ0n) is 13.7. The molecule has 4 rings (SSSR count). The van der Waals surface area contributed by atoms with Gasteiger partial charge in [-0.15, -0.1) is 0 Å². The van der Waals surface area contributed by atoms with E-state index in [1.807, 2.05) is 12.3 Å². The largest absolute Gasteiger partial charge is 0.378 e. The summed E-state index contributed by atoms with van der Waals surface area (Å²) in [6, 6.07) is 4.83. The predicted octanol–water partition coefficient (Wildman–Crippen LogP) is 2.14. The standard InChI is InChI=1S/C18H27N3O/c1-13(21-10-14-4-3-5-19-18(14)11-21)6-17-7-15-8-20(2)9-16(15)12-22-17/h3-5,13,15-17H,6-12H2,1-2H3. The summed E-state index contributed by atoms with van der Waals surface area (Å²) in [6.45, 7) is 7.85. The van der Waals surface area contributed by atoms with Crippen LogP contribution in [0, 0.1) is 11.8 Å². The van der Waals surface area contributed by atoms with Crippen LogP contribution in [0.25, 0.3) is 0 Å². The van der Waals surface area contributed by atoms with Crippen molar-refractivity contribution in [3.8, 4) is 0 Å². The summed E-state index contributed by atoms with van der Waals surface area (Å²) in [6.07, 6.45) is 4.76. The van der Waals surface area contributed by atoms with Crippen molar-refractivity contribution in [1.82, 2.24) is 14.8 Å². The van der Waals surface area contributed by atoms with Gasteiger partial charge in [0.1, 0.15) is 0 Å². The first-order valence-corrected chi connectivity index (χ1v) is 8.66. The molecule has 0 spiro atoms. The Morgan fingerprint density at radius 2 is 2.18 bits per heavy atom. The first-order valence-electron chi connectivity index (χ1n) is 8.66. The quantitative estimate of drug-likeness (QED) is 0.855. The van der Waals surface area contributed by atoms with Gasteiger partial charge in [0.2, 0.25) is 0 Å². The van der Waals surface area contributed by atoms with Crippen LogP contribution in [0.4, 0.5) is 0 Å². The maximum Gasteiger partial charge on any atom is 0.0593 e. The number of pyridine rings is 1. The summed E-state index contributed by atoms with van der Waals surface area (Å²) in [5.41, 5.74) is 2.66. The van der Waals surface area contributed by atoms with Crippen LogP contribution >= 0.6 is 0 Å². The molecular formula is C18H27N3O. The highest BCUT2D eigenvalue weighted by Crippen LogP contribution is 2.34. The topological polar surface area (TPSA) is 28.6 Å². The van der Waals surface area contributed by atoms with Crippen LogP contribution in [0.2, 0.25) is 0 Å². The lowest BCUT2D eigenvalue weighted by atomic mass is 9.87. The number of aromatic nitrogens is 1. The molecule has 1 aromatic heterocycles. The second-order valence-electron chi connectivity index (χ2n) is 7.53. The van der Waals surface area contributed by atoms with Gasteiger partial charge in [-0.25, -0.2) is 0 Å². The molecule has 4 heterocycles. The van der Waals surface area contributed by atoms with E-state index in [-0.39, 0.29) is 0 Å². The average Bonchev–Trinajstić information content (AvgIpc) is 3.08. The molecule has 2 fully saturated rings. The maximum atomic E-state index is 6.18. The number of fused-ring (bicyclic) bond motifs is 2. The van der Waals surface area contributed by atoms with E-state index in [9.17, 15) is 0 Å². The molecular weight excluding hydrogens is 274 g/mol. The highest BCUT2D eigenvalue weighted by atomic mass is 16.5. The van der Waals surface area contributed by atoms with Crippen molar-refractivity contribution < 1.29 is 4.74 Å². The van der Waals surface area contributed by atoms with E-state index in [0.29, 0.717) is 12.1 Å². The van der Waals surface area contributed by atoms with Crippen molar-refractivity contribution in [1.29, 1.82) is 0 Å². The summed E-state index contributed by atoms with van der Waals surface area (Å²) in [5.74, 6) is 1.63. The Bertz CT molecular complexity index is 510. The minimum atomic E-state index is 0.444. The smallest absolute Gasteiger partial charge is 0.0593 e. The molecule has 1 aromatic rings. The minimum absolute atomic E-state index is 0.444. The maximum absolute atomic E-state index is 6.18. The first kappa shape index (κ1) is 14.6. The minimum Gasteiger partial charge on any atom is -0.378 e. The van der Waals surface area contributed by atoms with E-state index >= 15 is 0 Å². The molecule has 0 amide bonds. The van der Waals surface area contributed by atoms with Gasteiger partial charge in [-0.05, 0) is 50.3 Å². The zero-order valence-corrected chi connectivity index (χ0v) is 13.7. The molecule has 0 saturated carbocycles. The molecule has 0 radical (unpaired) electrons. The van der Waals surface area contributed by atoms with E-state index in [0.717, 1.165) is 38.0 Å². The Labute approximate surface area is 133 Å². The van der Waals surface area contributed by atoms with Crippen molar-refractivity contribution in [3.63, 3.8) is 0 Å². The van der Waals surface area contributed by atoms with Gasteiger partial charge in [-0.1, -0.05) is 6.07 Å². The number of ether oxygens (including phenoxy) is 1.